The summed E-state index contributed by atoms with van der Waals surface area (Å²) in [6.45, 7) is 7.77. The Kier molecular flexibility index (Phi) is 7.85. The number of pyridine rings is 2. The van der Waals surface area contributed by atoms with E-state index in [1.54, 1.807) is 27.7 Å². The average Bonchev–Trinajstić information content (AvgIpc) is 3.71. The molecule has 45 heavy (non-hydrogen) atoms. The van der Waals surface area contributed by atoms with Gasteiger partial charge in [-0.15, -0.1) is 0 Å². The molecule has 14 heteroatoms. The number of carboxylic acid groups (broad SMARTS) is 1. The van der Waals surface area contributed by atoms with E-state index in [1.165, 1.54) is 24.5 Å². The first-order chi connectivity index (χ1) is 21.4. The Balaban J connectivity index is 1.39. The number of amides is 3. The van der Waals surface area contributed by atoms with Crippen LogP contribution in [0.15, 0.2) is 24.5 Å². The van der Waals surface area contributed by atoms with E-state index in [-0.39, 0.29) is 64.8 Å². The van der Waals surface area contributed by atoms with Gasteiger partial charge in [0.1, 0.15) is 29.8 Å². The van der Waals surface area contributed by atoms with Crippen LogP contribution in [0.1, 0.15) is 39.2 Å². The summed E-state index contributed by atoms with van der Waals surface area (Å²) in [7, 11) is 0. The van der Waals surface area contributed by atoms with E-state index in [0.29, 0.717) is 30.1 Å². The van der Waals surface area contributed by atoms with Crippen molar-refractivity contribution in [2.75, 3.05) is 41.9 Å². The lowest BCUT2D eigenvalue weighted by atomic mass is 9.96. The fourth-order valence-corrected chi connectivity index (χ4v) is 5.77. The zero-order valence-electron chi connectivity index (χ0n) is 25.3. The smallest absolute Gasteiger partial charge is 0.413 e. The number of carbonyl (C=O) groups excluding carboxylic acids is 2. The molecule has 0 spiro atoms. The van der Waals surface area contributed by atoms with Crippen LogP contribution < -0.4 is 20.3 Å². The molecule has 3 N–H and O–H groups in total. The number of ether oxygens (including phenoxy) is 4. The molecule has 2 aliphatic heterocycles. The Bertz CT molecular complexity index is 1690. The summed E-state index contributed by atoms with van der Waals surface area (Å²) in [6.07, 6.45) is 1.78. The first-order valence-electron chi connectivity index (χ1n) is 14.7. The van der Waals surface area contributed by atoms with Crippen LogP contribution in [0.5, 0.6) is 5.88 Å². The molecule has 238 valence electrons. The Morgan fingerprint density at radius 2 is 1.84 bits per heavy atom. The van der Waals surface area contributed by atoms with Gasteiger partial charge >= 0.3 is 18.3 Å². The van der Waals surface area contributed by atoms with Gasteiger partial charge < -0.3 is 24.1 Å². The van der Waals surface area contributed by atoms with Crippen molar-refractivity contribution in [1.29, 1.82) is 0 Å². The minimum atomic E-state index is -1.20. The van der Waals surface area contributed by atoms with Gasteiger partial charge in [0.2, 0.25) is 5.88 Å². The van der Waals surface area contributed by atoms with Gasteiger partial charge in [0.05, 0.1) is 25.4 Å². The van der Waals surface area contributed by atoms with Gasteiger partial charge in [-0.25, -0.2) is 28.7 Å². The molecule has 2 atom stereocenters. The largest absolute Gasteiger partial charge is 0.474 e. The molecule has 0 radical (unpaired) electrons. The summed E-state index contributed by atoms with van der Waals surface area (Å²) in [4.78, 5) is 47.3. The van der Waals surface area contributed by atoms with Crippen LogP contribution in [0.25, 0.3) is 21.9 Å². The standard InChI is InChI=1S/C31H34FN5O8/c1-15-19(11-34-27-26(15)37(30(40)41)7-8-43-27)18-9-17-10-23(35-28(38)44-22-14-42-13-21(22)16-5-6-16)33-12-20(17)25(24(18)32)36-29(39)45-31(2,3)4/h9-12,16,21-22H,5-8,13-14H2,1-4H3,(H,36,39)(H,40,41)(H,33,35,38). The van der Waals surface area contributed by atoms with Crippen LogP contribution in [0.4, 0.5) is 36.0 Å². The first-order valence-corrected chi connectivity index (χ1v) is 14.7. The Morgan fingerprint density at radius 3 is 2.56 bits per heavy atom. The van der Waals surface area contributed by atoms with Crippen LogP contribution in [-0.2, 0) is 14.2 Å². The van der Waals surface area contributed by atoms with Crippen molar-refractivity contribution < 1.29 is 42.8 Å². The zero-order chi connectivity index (χ0) is 32.0. The molecule has 13 nitrogen and oxygen atoms in total. The lowest BCUT2D eigenvalue weighted by Gasteiger charge is -2.29. The fourth-order valence-electron chi connectivity index (χ4n) is 5.77. The summed E-state index contributed by atoms with van der Waals surface area (Å²) in [5.74, 6) is 0.114. The van der Waals surface area contributed by atoms with Crippen molar-refractivity contribution >= 4 is 46.2 Å². The van der Waals surface area contributed by atoms with Crippen LogP contribution in [0, 0.1) is 24.6 Å². The third-order valence-corrected chi connectivity index (χ3v) is 7.99. The quantitative estimate of drug-likeness (QED) is 0.310. The van der Waals surface area contributed by atoms with Crippen molar-refractivity contribution in [3.05, 3.63) is 35.9 Å². The Labute approximate surface area is 258 Å². The number of hydrogen-bond acceptors (Lipinski definition) is 9. The Hall–Kier alpha value is -4.72. The van der Waals surface area contributed by atoms with E-state index in [0.717, 1.165) is 17.7 Å². The summed E-state index contributed by atoms with van der Waals surface area (Å²) in [6, 6.07) is 3.04. The van der Waals surface area contributed by atoms with E-state index in [1.807, 2.05) is 0 Å². The minimum absolute atomic E-state index is 0.0207. The highest BCUT2D eigenvalue weighted by Crippen LogP contribution is 2.43. The van der Waals surface area contributed by atoms with E-state index in [9.17, 15) is 19.5 Å². The summed E-state index contributed by atoms with van der Waals surface area (Å²) >= 11 is 0. The van der Waals surface area contributed by atoms with Crippen molar-refractivity contribution in [3.8, 4) is 17.0 Å². The monoisotopic (exact) mass is 623 g/mol. The molecule has 0 bridgehead atoms. The molecule has 3 aromatic rings. The van der Waals surface area contributed by atoms with Crippen LogP contribution in [-0.4, -0.2) is 71.4 Å². The zero-order valence-corrected chi connectivity index (χ0v) is 25.3. The summed E-state index contributed by atoms with van der Waals surface area (Å²) in [5.41, 5.74) is -0.165. The van der Waals surface area contributed by atoms with E-state index in [2.05, 4.69) is 20.6 Å². The maximum absolute atomic E-state index is 16.4. The fraction of sp³-hybridized carbons (Fsp3) is 0.452. The van der Waals surface area contributed by atoms with Crippen LogP contribution in [0.3, 0.4) is 0 Å². The molecule has 2 fully saturated rings. The average molecular weight is 624 g/mol. The highest BCUT2D eigenvalue weighted by molar-refractivity contribution is 6.04. The number of fused-ring (bicyclic) bond motifs is 2. The number of anilines is 3. The summed E-state index contributed by atoms with van der Waals surface area (Å²) in [5, 5.41) is 15.6. The number of aromatic nitrogens is 2. The number of hydrogen-bond donors (Lipinski definition) is 3. The topological polar surface area (TPSA) is 161 Å². The molecule has 6 rings (SSSR count). The van der Waals surface area contributed by atoms with Crippen molar-refractivity contribution in [2.45, 2.75) is 52.2 Å². The highest BCUT2D eigenvalue weighted by Gasteiger charge is 2.42. The van der Waals surface area contributed by atoms with Gasteiger partial charge in [-0.2, -0.15) is 0 Å². The van der Waals surface area contributed by atoms with E-state index >= 15 is 4.39 Å². The third-order valence-electron chi connectivity index (χ3n) is 7.99. The predicted molar refractivity (Wildman–Crippen MR) is 161 cm³/mol. The molecule has 4 heterocycles. The molecule has 2 unspecified atom stereocenters. The second kappa shape index (κ2) is 11.7. The number of carbonyl (C=O) groups is 3. The van der Waals surface area contributed by atoms with Crippen LogP contribution >= 0.6 is 0 Å². The number of halogens is 1. The number of benzene rings is 1. The molecular formula is C31H34FN5O8. The number of nitrogens with one attached hydrogen (secondary N) is 2. The predicted octanol–water partition coefficient (Wildman–Crippen LogP) is 5.94. The van der Waals surface area contributed by atoms with Crippen molar-refractivity contribution in [1.82, 2.24) is 9.97 Å². The summed E-state index contributed by atoms with van der Waals surface area (Å²) < 4.78 is 38.5. The first kappa shape index (κ1) is 30.3. The molecule has 1 aromatic carbocycles. The SMILES string of the molecule is Cc1c(-c2cc3cc(NC(=O)OC4COCC4C4CC4)ncc3c(NC(=O)OC(C)(C)C)c2F)cnc2c1N(C(=O)O)CCO2. The number of nitrogens with zero attached hydrogens (tertiary/aromatic N) is 3. The highest BCUT2D eigenvalue weighted by atomic mass is 19.1. The normalized spacial score (nSPS) is 19.4. The second-order valence-corrected chi connectivity index (χ2v) is 12.4. The van der Waals surface area contributed by atoms with Gasteiger partial charge in [-0.05, 0) is 69.5 Å². The van der Waals surface area contributed by atoms with Crippen LogP contribution in [0.2, 0.25) is 0 Å². The van der Waals surface area contributed by atoms with Crippen molar-refractivity contribution in [2.24, 2.45) is 11.8 Å². The molecule has 1 aliphatic carbocycles. The van der Waals surface area contributed by atoms with Gasteiger partial charge in [0.15, 0.2) is 5.82 Å². The van der Waals surface area contributed by atoms with E-state index < -0.39 is 29.7 Å². The lowest BCUT2D eigenvalue weighted by Crippen LogP contribution is -2.37. The maximum atomic E-state index is 16.4. The maximum Gasteiger partial charge on any atom is 0.413 e. The second-order valence-electron chi connectivity index (χ2n) is 12.4. The van der Waals surface area contributed by atoms with Crippen molar-refractivity contribution in [3.63, 3.8) is 0 Å². The van der Waals surface area contributed by atoms with Gasteiger partial charge in [0.25, 0.3) is 0 Å². The Morgan fingerprint density at radius 1 is 1.07 bits per heavy atom. The van der Waals surface area contributed by atoms with Gasteiger partial charge in [-0.3, -0.25) is 15.5 Å². The third kappa shape index (κ3) is 6.27. The lowest BCUT2D eigenvalue weighted by molar-refractivity contribution is 0.0635. The molecule has 3 amide bonds. The molecule has 1 saturated carbocycles. The molecule has 2 aromatic heterocycles. The molecular weight excluding hydrogens is 589 g/mol. The number of rotatable bonds is 5. The van der Waals surface area contributed by atoms with E-state index in [4.69, 9.17) is 18.9 Å². The molecule has 3 aliphatic rings. The molecule has 1 saturated heterocycles. The minimum Gasteiger partial charge on any atom is -0.474 e. The van der Waals surface area contributed by atoms with Gasteiger partial charge in [0, 0.05) is 34.8 Å². The van der Waals surface area contributed by atoms with Gasteiger partial charge in [-0.1, -0.05) is 0 Å².